The topological polar surface area (TPSA) is 105 Å². The zero-order chi connectivity index (χ0) is 16.3. The van der Waals surface area contributed by atoms with E-state index in [0.717, 1.165) is 0 Å². The van der Waals surface area contributed by atoms with Gasteiger partial charge >= 0.3 is 0 Å². The largest absolute Gasteiger partial charge is 0.409 e. The summed E-state index contributed by atoms with van der Waals surface area (Å²) in [7, 11) is -3.90. The van der Waals surface area contributed by atoms with Gasteiger partial charge in [0.05, 0.1) is 20.5 Å². The average molecular weight is 354 g/mol. The van der Waals surface area contributed by atoms with Crippen molar-refractivity contribution >= 4 is 39.1 Å². The van der Waals surface area contributed by atoms with Gasteiger partial charge in [0.25, 0.3) is 0 Å². The second-order valence-corrected chi connectivity index (χ2v) is 6.95. The highest BCUT2D eigenvalue weighted by molar-refractivity contribution is 7.89. The second-order valence-electron chi connectivity index (χ2n) is 4.46. The molecule has 0 aliphatic rings. The molecule has 118 valence electrons. The third kappa shape index (κ3) is 3.79. The van der Waals surface area contributed by atoms with E-state index in [0.29, 0.717) is 12.8 Å². The van der Waals surface area contributed by atoms with Crippen molar-refractivity contribution < 1.29 is 13.6 Å². The summed E-state index contributed by atoms with van der Waals surface area (Å²) in [6, 6.07) is 3.97. The Kier molecular flexibility index (Phi) is 5.86. The summed E-state index contributed by atoms with van der Waals surface area (Å²) in [5, 5.41) is 12.2. The van der Waals surface area contributed by atoms with Gasteiger partial charge < -0.3 is 10.9 Å². The number of oxime groups is 1. The summed E-state index contributed by atoms with van der Waals surface area (Å²) < 4.78 is 27.4. The van der Waals surface area contributed by atoms with Crippen LogP contribution in [0.4, 0.5) is 0 Å². The maximum Gasteiger partial charge on any atom is 0.241 e. The Hall–Kier alpha value is -1.02. The number of halogens is 2. The lowest BCUT2D eigenvalue weighted by molar-refractivity contribution is 0.307. The highest BCUT2D eigenvalue weighted by Crippen LogP contribution is 2.26. The van der Waals surface area contributed by atoms with Gasteiger partial charge in [-0.15, -0.1) is 0 Å². The second kappa shape index (κ2) is 6.83. The highest BCUT2D eigenvalue weighted by Gasteiger charge is 2.36. The quantitative estimate of drug-likeness (QED) is 0.316. The maximum atomic E-state index is 12.4. The van der Waals surface area contributed by atoms with E-state index in [1.165, 1.54) is 18.2 Å². The van der Waals surface area contributed by atoms with E-state index in [4.69, 9.17) is 34.1 Å². The number of nitrogens with two attached hydrogens (primary N) is 1. The number of hydrogen-bond acceptors (Lipinski definition) is 4. The van der Waals surface area contributed by atoms with E-state index in [2.05, 4.69) is 9.88 Å². The fourth-order valence-electron chi connectivity index (χ4n) is 1.86. The Morgan fingerprint density at radius 3 is 2.33 bits per heavy atom. The minimum Gasteiger partial charge on any atom is -0.409 e. The molecule has 0 aliphatic carbocycles. The third-order valence-corrected chi connectivity index (χ3v) is 5.61. The van der Waals surface area contributed by atoms with Crippen molar-refractivity contribution in [2.45, 2.75) is 37.1 Å². The van der Waals surface area contributed by atoms with E-state index in [1.54, 1.807) is 13.8 Å². The Bertz CT molecular complexity index is 643. The number of nitrogens with zero attached hydrogens (tertiary/aromatic N) is 1. The number of benzene rings is 1. The van der Waals surface area contributed by atoms with Gasteiger partial charge in [0.1, 0.15) is 0 Å². The van der Waals surface area contributed by atoms with Crippen LogP contribution in [-0.4, -0.2) is 25.0 Å². The molecule has 9 heteroatoms. The molecule has 4 N–H and O–H groups in total. The van der Waals surface area contributed by atoms with Crippen molar-refractivity contribution in [1.82, 2.24) is 4.72 Å². The van der Waals surface area contributed by atoms with Crippen LogP contribution in [0.2, 0.25) is 10.0 Å². The number of rotatable bonds is 6. The summed E-state index contributed by atoms with van der Waals surface area (Å²) in [5.41, 5.74) is 4.47. The van der Waals surface area contributed by atoms with Crippen LogP contribution in [0.5, 0.6) is 0 Å². The maximum absolute atomic E-state index is 12.4. The van der Waals surface area contributed by atoms with Gasteiger partial charge in [0, 0.05) is 0 Å². The highest BCUT2D eigenvalue weighted by atomic mass is 35.5. The van der Waals surface area contributed by atoms with Crippen molar-refractivity contribution in [2.75, 3.05) is 0 Å². The fourth-order valence-corrected chi connectivity index (χ4v) is 3.77. The van der Waals surface area contributed by atoms with Gasteiger partial charge in [-0.25, -0.2) is 8.42 Å². The molecular weight excluding hydrogens is 337 g/mol. The lowest BCUT2D eigenvalue weighted by Gasteiger charge is -2.30. The van der Waals surface area contributed by atoms with Gasteiger partial charge in [0.2, 0.25) is 10.0 Å². The molecule has 0 bridgehead atoms. The first-order valence-electron chi connectivity index (χ1n) is 6.19. The molecule has 0 aromatic heterocycles. The van der Waals surface area contributed by atoms with Crippen LogP contribution in [0.3, 0.4) is 0 Å². The van der Waals surface area contributed by atoms with Crippen molar-refractivity contribution in [1.29, 1.82) is 0 Å². The molecule has 1 aromatic carbocycles. The van der Waals surface area contributed by atoms with Gasteiger partial charge in [-0.1, -0.05) is 42.2 Å². The molecule has 0 fully saturated rings. The zero-order valence-corrected chi connectivity index (χ0v) is 13.9. The number of amidine groups is 1. The predicted octanol–water partition coefficient (Wildman–Crippen LogP) is 2.58. The molecule has 1 aromatic rings. The van der Waals surface area contributed by atoms with Crippen LogP contribution in [0, 0.1) is 0 Å². The Morgan fingerprint density at radius 1 is 1.33 bits per heavy atom. The number of sulfonamides is 1. The van der Waals surface area contributed by atoms with Crippen molar-refractivity contribution in [3.63, 3.8) is 0 Å². The molecule has 0 saturated carbocycles. The lowest BCUT2D eigenvalue weighted by Crippen LogP contribution is -2.56. The Morgan fingerprint density at radius 2 is 1.90 bits per heavy atom. The number of hydrogen-bond donors (Lipinski definition) is 3. The molecule has 0 heterocycles. The first-order valence-corrected chi connectivity index (χ1v) is 8.43. The lowest BCUT2D eigenvalue weighted by atomic mass is 9.93. The molecule has 0 radical (unpaired) electrons. The summed E-state index contributed by atoms with van der Waals surface area (Å²) in [5.74, 6) is -0.198. The SMILES string of the molecule is CCC(CC)(NS(=O)(=O)c1ccc(Cl)c(Cl)c1)/C(N)=N/O. The van der Waals surface area contributed by atoms with Crippen molar-refractivity contribution in [3.8, 4) is 0 Å². The molecule has 0 unspecified atom stereocenters. The molecule has 21 heavy (non-hydrogen) atoms. The third-order valence-electron chi connectivity index (χ3n) is 3.34. The summed E-state index contributed by atoms with van der Waals surface area (Å²) in [6.45, 7) is 3.47. The molecule has 0 aliphatic heterocycles. The monoisotopic (exact) mass is 353 g/mol. The summed E-state index contributed by atoms with van der Waals surface area (Å²) in [4.78, 5) is -0.0473. The summed E-state index contributed by atoms with van der Waals surface area (Å²) >= 11 is 11.6. The molecule has 0 atom stereocenters. The minimum absolute atomic E-state index is 0.0473. The first kappa shape index (κ1) is 18.0. The van der Waals surface area contributed by atoms with Crippen LogP contribution in [-0.2, 0) is 10.0 Å². The predicted molar refractivity (Wildman–Crippen MR) is 83.5 cm³/mol. The molecule has 0 amide bonds. The molecule has 1 rings (SSSR count). The average Bonchev–Trinajstić information content (AvgIpc) is 2.46. The van der Waals surface area contributed by atoms with Crippen LogP contribution in [0.1, 0.15) is 26.7 Å². The zero-order valence-electron chi connectivity index (χ0n) is 11.6. The summed E-state index contributed by atoms with van der Waals surface area (Å²) in [6.07, 6.45) is 0.639. The van der Waals surface area contributed by atoms with Crippen LogP contribution in [0.15, 0.2) is 28.3 Å². The molecule has 0 saturated heterocycles. The standard InChI is InChI=1S/C12H17Cl2N3O3S/c1-3-12(4-2,11(15)16-18)17-21(19,20)8-5-6-9(13)10(14)7-8/h5-7,17-18H,3-4H2,1-2H3,(H2,15,16). The smallest absolute Gasteiger partial charge is 0.241 e. The van der Waals surface area contributed by atoms with Gasteiger partial charge in [-0.2, -0.15) is 4.72 Å². The van der Waals surface area contributed by atoms with Crippen molar-refractivity contribution in [2.24, 2.45) is 10.9 Å². The van der Waals surface area contributed by atoms with Crippen LogP contribution >= 0.6 is 23.2 Å². The van der Waals surface area contributed by atoms with E-state index in [-0.39, 0.29) is 20.8 Å². The Labute approximate surface area is 134 Å². The normalized spacial score (nSPS) is 13.4. The Balaban J connectivity index is 3.27. The van der Waals surface area contributed by atoms with Gasteiger partial charge in [0.15, 0.2) is 5.84 Å². The molecular formula is C12H17Cl2N3O3S. The molecule has 0 spiro atoms. The van der Waals surface area contributed by atoms with Gasteiger partial charge in [-0.05, 0) is 31.0 Å². The van der Waals surface area contributed by atoms with Crippen LogP contribution < -0.4 is 10.5 Å². The fraction of sp³-hybridized carbons (Fsp3) is 0.417. The van der Waals surface area contributed by atoms with Gasteiger partial charge in [-0.3, -0.25) is 0 Å². The van der Waals surface area contributed by atoms with Crippen molar-refractivity contribution in [3.05, 3.63) is 28.2 Å². The van der Waals surface area contributed by atoms with E-state index >= 15 is 0 Å². The number of nitrogens with one attached hydrogen (secondary N) is 1. The van der Waals surface area contributed by atoms with E-state index in [9.17, 15) is 8.42 Å². The first-order chi connectivity index (χ1) is 9.72. The van der Waals surface area contributed by atoms with E-state index in [1.807, 2.05) is 0 Å². The minimum atomic E-state index is -3.90. The van der Waals surface area contributed by atoms with Crippen LogP contribution in [0.25, 0.3) is 0 Å². The van der Waals surface area contributed by atoms with E-state index < -0.39 is 15.6 Å². The molecule has 6 nitrogen and oxygen atoms in total.